The number of nitrogens with one attached hydrogen (secondary N) is 1. The first-order valence-corrected chi connectivity index (χ1v) is 6.93. The minimum Gasteiger partial charge on any atom is -0.453 e. The first-order valence-electron chi connectivity index (χ1n) is 6.13. The first kappa shape index (κ1) is 11.9. The third-order valence-electron chi connectivity index (χ3n) is 3.24. The Labute approximate surface area is 114 Å². The summed E-state index contributed by atoms with van der Waals surface area (Å²) in [5.41, 5.74) is 0. The van der Waals surface area contributed by atoms with Gasteiger partial charge in [-0.25, -0.2) is 0 Å². The van der Waals surface area contributed by atoms with Crippen LogP contribution in [0, 0.1) is 0 Å². The van der Waals surface area contributed by atoms with Gasteiger partial charge in [0.25, 0.3) is 0 Å². The molecule has 0 aliphatic carbocycles. The van der Waals surface area contributed by atoms with Gasteiger partial charge in [-0.3, -0.25) is 0 Å². The minimum absolute atomic E-state index is 0.174. The summed E-state index contributed by atoms with van der Waals surface area (Å²) in [6.07, 6.45) is 2.22. The number of halogens is 1. The molecule has 0 saturated heterocycles. The van der Waals surface area contributed by atoms with Crippen LogP contribution in [-0.2, 0) is 19.5 Å². The van der Waals surface area contributed by atoms with E-state index in [1.165, 1.54) is 6.42 Å². The Kier molecular flexibility index (Phi) is 3.22. The molecule has 1 aliphatic rings. The zero-order valence-corrected chi connectivity index (χ0v) is 11.8. The fourth-order valence-corrected chi connectivity index (χ4v) is 2.63. The number of hydrogen-bond donors (Lipinski definition) is 1. The predicted molar refractivity (Wildman–Crippen MR) is 70.0 cm³/mol. The van der Waals surface area contributed by atoms with Crippen molar-refractivity contribution in [2.45, 2.75) is 38.9 Å². The van der Waals surface area contributed by atoms with E-state index in [9.17, 15) is 0 Å². The predicted octanol–water partition coefficient (Wildman–Crippen LogP) is 2.43. The minimum atomic E-state index is 0.174. The summed E-state index contributed by atoms with van der Waals surface area (Å²) < 4.78 is 8.43. The molecule has 0 bridgehead atoms. The van der Waals surface area contributed by atoms with Crippen LogP contribution in [0.1, 0.15) is 36.8 Å². The van der Waals surface area contributed by atoms with Gasteiger partial charge < -0.3 is 14.3 Å². The van der Waals surface area contributed by atoms with Gasteiger partial charge in [0.05, 0.1) is 12.6 Å². The highest BCUT2D eigenvalue weighted by atomic mass is 79.9. The molecule has 0 fully saturated rings. The number of aromatic nitrogens is 3. The molecule has 0 radical (unpaired) electrons. The number of hydrogen-bond acceptors (Lipinski definition) is 4. The molecule has 3 heterocycles. The zero-order valence-electron chi connectivity index (χ0n) is 10.2. The highest BCUT2D eigenvalue weighted by Gasteiger charge is 2.21. The fraction of sp³-hybridized carbons (Fsp3) is 0.500. The molecular formula is C12H15BrN4O. The summed E-state index contributed by atoms with van der Waals surface area (Å²) in [6, 6.07) is 4.03. The van der Waals surface area contributed by atoms with Gasteiger partial charge in [-0.15, -0.1) is 10.2 Å². The van der Waals surface area contributed by atoms with Crippen LogP contribution >= 0.6 is 15.9 Å². The monoisotopic (exact) mass is 310 g/mol. The molecule has 2 aromatic heterocycles. The second-order valence-corrected chi connectivity index (χ2v) is 5.32. The number of aryl methyl sites for hydroxylation is 1. The van der Waals surface area contributed by atoms with Crippen molar-refractivity contribution in [1.82, 2.24) is 20.1 Å². The van der Waals surface area contributed by atoms with Crippen LogP contribution in [0.2, 0.25) is 0 Å². The molecule has 5 nitrogen and oxygen atoms in total. The molecular weight excluding hydrogens is 296 g/mol. The topological polar surface area (TPSA) is 55.9 Å². The van der Waals surface area contributed by atoms with Gasteiger partial charge in [0.15, 0.2) is 4.67 Å². The third kappa shape index (κ3) is 2.22. The molecule has 2 aromatic rings. The Hall–Kier alpha value is -1.14. The van der Waals surface area contributed by atoms with Crippen molar-refractivity contribution < 1.29 is 4.42 Å². The van der Waals surface area contributed by atoms with E-state index in [1.54, 1.807) is 0 Å². The normalized spacial score (nSPS) is 15.9. The quantitative estimate of drug-likeness (QED) is 0.942. The molecule has 0 saturated carbocycles. The Morgan fingerprint density at radius 1 is 1.50 bits per heavy atom. The molecule has 1 N–H and O–H groups in total. The lowest BCUT2D eigenvalue weighted by Gasteiger charge is -2.12. The van der Waals surface area contributed by atoms with Crippen molar-refractivity contribution in [3.8, 4) is 0 Å². The SMILES string of the molecule is CC(NCc1ccc(Br)o1)c1nnc2n1CCC2. The lowest BCUT2D eigenvalue weighted by atomic mass is 10.3. The summed E-state index contributed by atoms with van der Waals surface area (Å²) >= 11 is 3.30. The molecule has 18 heavy (non-hydrogen) atoms. The van der Waals surface area contributed by atoms with E-state index in [4.69, 9.17) is 4.42 Å². The van der Waals surface area contributed by atoms with Crippen molar-refractivity contribution in [2.75, 3.05) is 0 Å². The summed E-state index contributed by atoms with van der Waals surface area (Å²) in [6.45, 7) is 3.83. The number of nitrogens with zero attached hydrogens (tertiary/aromatic N) is 3. The van der Waals surface area contributed by atoms with E-state index in [2.05, 4.69) is 42.9 Å². The summed E-state index contributed by atoms with van der Waals surface area (Å²) in [7, 11) is 0. The van der Waals surface area contributed by atoms with E-state index in [0.29, 0.717) is 6.54 Å². The van der Waals surface area contributed by atoms with E-state index < -0.39 is 0 Å². The summed E-state index contributed by atoms with van der Waals surface area (Å²) in [5.74, 6) is 3.04. The Morgan fingerprint density at radius 2 is 2.39 bits per heavy atom. The van der Waals surface area contributed by atoms with E-state index in [-0.39, 0.29) is 6.04 Å². The smallest absolute Gasteiger partial charge is 0.169 e. The Balaban J connectivity index is 1.66. The lowest BCUT2D eigenvalue weighted by Crippen LogP contribution is -2.21. The van der Waals surface area contributed by atoms with Crippen molar-refractivity contribution in [3.05, 3.63) is 34.2 Å². The van der Waals surface area contributed by atoms with Crippen LogP contribution in [0.4, 0.5) is 0 Å². The Morgan fingerprint density at radius 3 is 3.17 bits per heavy atom. The van der Waals surface area contributed by atoms with Gasteiger partial charge in [-0.1, -0.05) is 0 Å². The number of fused-ring (bicyclic) bond motifs is 1. The Bertz CT molecular complexity index is 548. The van der Waals surface area contributed by atoms with Gasteiger partial charge >= 0.3 is 0 Å². The highest BCUT2D eigenvalue weighted by Crippen LogP contribution is 2.20. The second kappa shape index (κ2) is 4.85. The lowest BCUT2D eigenvalue weighted by molar-refractivity contribution is 0.435. The van der Waals surface area contributed by atoms with Crippen LogP contribution in [-0.4, -0.2) is 14.8 Å². The molecule has 6 heteroatoms. The van der Waals surface area contributed by atoms with Crippen LogP contribution in [0.15, 0.2) is 21.2 Å². The molecule has 1 aliphatic heterocycles. The summed E-state index contributed by atoms with van der Waals surface area (Å²) in [4.78, 5) is 0. The van der Waals surface area contributed by atoms with E-state index >= 15 is 0 Å². The van der Waals surface area contributed by atoms with Gasteiger partial charge in [0.2, 0.25) is 0 Å². The average Bonchev–Trinajstić information content (AvgIpc) is 3.01. The number of rotatable bonds is 4. The van der Waals surface area contributed by atoms with Crippen LogP contribution in [0.25, 0.3) is 0 Å². The van der Waals surface area contributed by atoms with Crippen LogP contribution < -0.4 is 5.32 Å². The van der Waals surface area contributed by atoms with Crippen molar-refractivity contribution in [1.29, 1.82) is 0 Å². The molecule has 1 unspecified atom stereocenters. The van der Waals surface area contributed by atoms with Crippen LogP contribution in [0.5, 0.6) is 0 Å². The van der Waals surface area contributed by atoms with Gasteiger partial charge in [0, 0.05) is 13.0 Å². The molecule has 0 amide bonds. The third-order valence-corrected chi connectivity index (χ3v) is 3.66. The number of furan rings is 1. The molecule has 0 spiro atoms. The maximum atomic E-state index is 5.46. The summed E-state index contributed by atoms with van der Waals surface area (Å²) in [5, 5.41) is 11.9. The van der Waals surface area contributed by atoms with Gasteiger partial charge in [-0.2, -0.15) is 0 Å². The van der Waals surface area contributed by atoms with Crippen LogP contribution in [0.3, 0.4) is 0 Å². The van der Waals surface area contributed by atoms with E-state index in [0.717, 1.165) is 35.0 Å². The molecule has 0 aromatic carbocycles. The largest absolute Gasteiger partial charge is 0.453 e. The molecule has 96 valence electrons. The first-order chi connectivity index (χ1) is 8.74. The standard InChI is InChI=1S/C12H15BrN4O/c1-8(14-7-9-4-5-10(13)18-9)12-16-15-11-3-2-6-17(11)12/h4-5,8,14H,2-3,6-7H2,1H3. The highest BCUT2D eigenvalue weighted by molar-refractivity contribution is 9.10. The second-order valence-electron chi connectivity index (χ2n) is 4.54. The van der Waals surface area contributed by atoms with Crippen molar-refractivity contribution in [2.24, 2.45) is 0 Å². The fourth-order valence-electron chi connectivity index (χ4n) is 2.29. The average molecular weight is 311 g/mol. The molecule has 1 atom stereocenters. The molecule has 3 rings (SSSR count). The van der Waals surface area contributed by atoms with E-state index in [1.807, 2.05) is 12.1 Å². The van der Waals surface area contributed by atoms with Crippen molar-refractivity contribution >= 4 is 15.9 Å². The maximum absolute atomic E-state index is 5.46. The maximum Gasteiger partial charge on any atom is 0.169 e. The van der Waals surface area contributed by atoms with Gasteiger partial charge in [0.1, 0.15) is 17.4 Å². The zero-order chi connectivity index (χ0) is 12.5. The van der Waals surface area contributed by atoms with Gasteiger partial charge in [-0.05, 0) is 41.4 Å². The van der Waals surface area contributed by atoms with Crippen molar-refractivity contribution in [3.63, 3.8) is 0 Å².